The Balaban J connectivity index is 1.72. The highest BCUT2D eigenvalue weighted by molar-refractivity contribution is 5.79. The minimum absolute atomic E-state index is 0.607. The van der Waals surface area contributed by atoms with Crippen molar-refractivity contribution in [2.45, 2.75) is 78.1 Å². The highest BCUT2D eigenvalue weighted by atomic mass is 16.5. The van der Waals surface area contributed by atoms with E-state index in [1.165, 1.54) is 57.8 Å². The van der Waals surface area contributed by atoms with Gasteiger partial charge in [-0.1, -0.05) is 65.2 Å². The molecule has 146 valence electrons. The van der Waals surface area contributed by atoms with Gasteiger partial charge in [-0.25, -0.2) is 0 Å². The average Bonchev–Trinajstić information content (AvgIpc) is 3.42. The van der Waals surface area contributed by atoms with Crippen LogP contribution in [-0.4, -0.2) is 19.5 Å². The van der Waals surface area contributed by atoms with Crippen molar-refractivity contribution in [3.63, 3.8) is 0 Å². The summed E-state index contributed by atoms with van der Waals surface area (Å²) in [6.07, 6.45) is 13.5. The summed E-state index contributed by atoms with van der Waals surface area (Å²) in [7, 11) is 0. The smallest absolute Gasteiger partial charge is 0.153 e. The molecule has 0 aromatic heterocycles. The van der Waals surface area contributed by atoms with Crippen molar-refractivity contribution in [1.29, 1.82) is 0 Å². The number of ether oxygens (including phenoxy) is 2. The summed E-state index contributed by atoms with van der Waals surface area (Å²) in [6, 6.07) is 5.56. The Labute approximate surface area is 159 Å². The Morgan fingerprint density at radius 1 is 0.962 bits per heavy atom. The molecule has 2 rings (SSSR count). The zero-order valence-electron chi connectivity index (χ0n) is 16.7. The molecular weight excluding hydrogens is 324 g/mol. The van der Waals surface area contributed by atoms with Gasteiger partial charge >= 0.3 is 0 Å². The molecule has 0 bridgehead atoms. The molecule has 1 aliphatic carbocycles. The predicted octanol–water partition coefficient (Wildman–Crippen LogP) is 6.44. The number of carbonyl (C=O) groups is 1. The first-order valence-electron chi connectivity index (χ1n) is 10.6. The summed E-state index contributed by atoms with van der Waals surface area (Å²) in [4.78, 5) is 11.2. The SMILES string of the molecule is CCCCCCCCOc1cc(OCC2CC2CCCC)ccc1C=O. The first-order chi connectivity index (χ1) is 12.8. The lowest BCUT2D eigenvalue weighted by atomic mass is 10.1. The molecule has 1 saturated carbocycles. The molecule has 1 fully saturated rings. The van der Waals surface area contributed by atoms with E-state index in [0.717, 1.165) is 31.0 Å². The van der Waals surface area contributed by atoms with Gasteiger partial charge in [0.1, 0.15) is 11.5 Å². The maximum Gasteiger partial charge on any atom is 0.153 e. The van der Waals surface area contributed by atoms with Gasteiger partial charge in [-0.05, 0) is 36.8 Å². The van der Waals surface area contributed by atoms with Gasteiger partial charge in [-0.2, -0.15) is 0 Å². The van der Waals surface area contributed by atoms with E-state index in [0.29, 0.717) is 23.8 Å². The number of carbonyl (C=O) groups excluding carboxylic acids is 1. The molecule has 0 spiro atoms. The minimum atomic E-state index is 0.607. The van der Waals surface area contributed by atoms with Crippen LogP contribution in [0.5, 0.6) is 11.5 Å². The lowest BCUT2D eigenvalue weighted by Gasteiger charge is -2.12. The van der Waals surface area contributed by atoms with Crippen molar-refractivity contribution in [1.82, 2.24) is 0 Å². The largest absolute Gasteiger partial charge is 0.493 e. The van der Waals surface area contributed by atoms with Gasteiger partial charge in [0.25, 0.3) is 0 Å². The van der Waals surface area contributed by atoms with Crippen LogP contribution in [0.25, 0.3) is 0 Å². The molecule has 26 heavy (non-hydrogen) atoms. The Morgan fingerprint density at radius 2 is 1.73 bits per heavy atom. The van der Waals surface area contributed by atoms with Gasteiger partial charge < -0.3 is 9.47 Å². The van der Waals surface area contributed by atoms with Gasteiger partial charge in [0, 0.05) is 6.07 Å². The van der Waals surface area contributed by atoms with Gasteiger partial charge in [0.2, 0.25) is 0 Å². The topological polar surface area (TPSA) is 35.5 Å². The predicted molar refractivity (Wildman–Crippen MR) is 107 cm³/mol. The molecule has 2 atom stereocenters. The third-order valence-corrected chi connectivity index (χ3v) is 5.33. The molecular formula is C23H36O3. The number of hydrogen-bond acceptors (Lipinski definition) is 3. The van der Waals surface area contributed by atoms with E-state index < -0.39 is 0 Å². The molecule has 0 N–H and O–H groups in total. The number of benzene rings is 1. The van der Waals surface area contributed by atoms with Gasteiger partial charge in [-0.15, -0.1) is 0 Å². The van der Waals surface area contributed by atoms with Crippen LogP contribution in [0.1, 0.15) is 88.4 Å². The van der Waals surface area contributed by atoms with E-state index in [1.807, 2.05) is 12.1 Å². The molecule has 1 aliphatic rings. The van der Waals surface area contributed by atoms with E-state index >= 15 is 0 Å². The number of hydrogen-bond donors (Lipinski definition) is 0. The maximum atomic E-state index is 11.2. The van der Waals surface area contributed by atoms with Crippen molar-refractivity contribution in [2.75, 3.05) is 13.2 Å². The fourth-order valence-electron chi connectivity index (χ4n) is 3.43. The summed E-state index contributed by atoms with van der Waals surface area (Å²) in [5.74, 6) is 3.03. The quantitative estimate of drug-likeness (QED) is 0.266. The first kappa shape index (κ1) is 20.8. The van der Waals surface area contributed by atoms with Crippen LogP contribution >= 0.6 is 0 Å². The summed E-state index contributed by atoms with van der Waals surface area (Å²) in [6.45, 7) is 5.92. The summed E-state index contributed by atoms with van der Waals surface area (Å²) in [5, 5.41) is 0. The molecule has 2 unspecified atom stereocenters. The van der Waals surface area contributed by atoms with Crippen LogP contribution in [0, 0.1) is 11.8 Å². The summed E-state index contributed by atoms with van der Waals surface area (Å²) in [5.41, 5.74) is 0.607. The van der Waals surface area contributed by atoms with Crippen LogP contribution in [-0.2, 0) is 0 Å². The zero-order chi connectivity index (χ0) is 18.6. The fourth-order valence-corrected chi connectivity index (χ4v) is 3.43. The number of unbranched alkanes of at least 4 members (excludes halogenated alkanes) is 6. The number of aldehydes is 1. The van der Waals surface area contributed by atoms with E-state index in [4.69, 9.17) is 9.47 Å². The summed E-state index contributed by atoms with van der Waals surface area (Å²) < 4.78 is 11.8. The highest BCUT2D eigenvalue weighted by Gasteiger charge is 2.36. The molecule has 0 saturated heterocycles. The van der Waals surface area contributed by atoms with Crippen molar-refractivity contribution in [3.05, 3.63) is 23.8 Å². The lowest BCUT2D eigenvalue weighted by Crippen LogP contribution is -2.04. The van der Waals surface area contributed by atoms with Gasteiger partial charge in [-0.3, -0.25) is 4.79 Å². The second-order valence-electron chi connectivity index (χ2n) is 7.64. The molecule has 3 nitrogen and oxygen atoms in total. The monoisotopic (exact) mass is 360 g/mol. The van der Waals surface area contributed by atoms with Crippen molar-refractivity contribution < 1.29 is 14.3 Å². The maximum absolute atomic E-state index is 11.2. The van der Waals surface area contributed by atoms with E-state index in [-0.39, 0.29) is 0 Å². The van der Waals surface area contributed by atoms with Crippen molar-refractivity contribution in [3.8, 4) is 11.5 Å². The van der Waals surface area contributed by atoms with Crippen LogP contribution < -0.4 is 9.47 Å². The molecule has 1 aromatic carbocycles. The number of rotatable bonds is 15. The van der Waals surface area contributed by atoms with Crippen molar-refractivity contribution >= 4 is 6.29 Å². The molecule has 0 heterocycles. The summed E-state index contributed by atoms with van der Waals surface area (Å²) >= 11 is 0. The minimum Gasteiger partial charge on any atom is -0.493 e. The molecule has 0 radical (unpaired) electrons. The molecule has 0 amide bonds. The van der Waals surface area contributed by atoms with Crippen LogP contribution in [0.2, 0.25) is 0 Å². The van der Waals surface area contributed by atoms with Gasteiger partial charge in [0.15, 0.2) is 6.29 Å². The highest BCUT2D eigenvalue weighted by Crippen LogP contribution is 2.42. The van der Waals surface area contributed by atoms with Crippen LogP contribution in [0.4, 0.5) is 0 Å². The average molecular weight is 361 g/mol. The Bertz CT molecular complexity index is 526. The molecule has 1 aromatic rings. The van der Waals surface area contributed by atoms with Crippen LogP contribution in [0.3, 0.4) is 0 Å². The first-order valence-corrected chi connectivity index (χ1v) is 10.6. The Hall–Kier alpha value is -1.51. The lowest BCUT2D eigenvalue weighted by molar-refractivity contribution is 0.111. The van der Waals surface area contributed by atoms with E-state index in [2.05, 4.69) is 13.8 Å². The molecule has 3 heteroatoms. The van der Waals surface area contributed by atoms with E-state index in [1.54, 1.807) is 6.07 Å². The third-order valence-electron chi connectivity index (χ3n) is 5.33. The van der Waals surface area contributed by atoms with Gasteiger partial charge in [0.05, 0.1) is 18.8 Å². The second kappa shape index (κ2) is 12.0. The Kier molecular flexibility index (Phi) is 9.58. The normalized spacial score (nSPS) is 18.5. The fraction of sp³-hybridized carbons (Fsp3) is 0.696. The zero-order valence-corrected chi connectivity index (χ0v) is 16.7. The van der Waals surface area contributed by atoms with Crippen LogP contribution in [0.15, 0.2) is 18.2 Å². The Morgan fingerprint density at radius 3 is 2.50 bits per heavy atom. The van der Waals surface area contributed by atoms with E-state index in [9.17, 15) is 4.79 Å². The van der Waals surface area contributed by atoms with Crippen molar-refractivity contribution in [2.24, 2.45) is 11.8 Å². The standard InChI is InChI=1S/C23H36O3/c1-3-5-7-8-9-10-14-25-23-16-22(13-12-20(23)17-24)26-18-21-15-19(21)11-6-4-2/h12-13,16-17,19,21H,3-11,14-15,18H2,1-2H3. The molecule has 0 aliphatic heterocycles. The second-order valence-corrected chi connectivity index (χ2v) is 7.64. The third kappa shape index (κ3) is 7.39.